The summed E-state index contributed by atoms with van der Waals surface area (Å²) in [6.07, 6.45) is 0.213. The first kappa shape index (κ1) is 17.3. The molecule has 2 aromatic carbocycles. The SMILES string of the molecule is CN(C)c1ccc(NC(=O)[C@@H]2CC(=O)N(c3ccc(Cl)cc3)C2)cc1. The largest absolute Gasteiger partial charge is 0.378 e. The first-order valence-corrected chi connectivity index (χ1v) is 8.46. The van der Waals surface area contributed by atoms with E-state index in [1.165, 1.54) is 0 Å². The molecule has 0 unspecified atom stereocenters. The Morgan fingerprint density at radius 2 is 1.76 bits per heavy atom. The lowest BCUT2D eigenvalue weighted by molar-refractivity contribution is -0.122. The summed E-state index contributed by atoms with van der Waals surface area (Å²) in [6.45, 7) is 0.377. The van der Waals surface area contributed by atoms with Crippen molar-refractivity contribution in [3.8, 4) is 0 Å². The van der Waals surface area contributed by atoms with Crippen molar-refractivity contribution in [3.63, 3.8) is 0 Å². The van der Waals surface area contributed by atoms with Gasteiger partial charge in [-0.15, -0.1) is 0 Å². The van der Waals surface area contributed by atoms with Crippen LogP contribution in [0.2, 0.25) is 5.02 Å². The van der Waals surface area contributed by atoms with E-state index in [4.69, 9.17) is 11.6 Å². The Kier molecular flexibility index (Phi) is 4.95. The zero-order valence-corrected chi connectivity index (χ0v) is 15.0. The molecule has 0 aromatic heterocycles. The van der Waals surface area contributed by atoms with E-state index in [9.17, 15) is 9.59 Å². The monoisotopic (exact) mass is 357 g/mol. The number of hydrogen-bond donors (Lipinski definition) is 1. The molecular formula is C19H20ClN3O2. The molecule has 1 saturated heterocycles. The van der Waals surface area contributed by atoms with Gasteiger partial charge in [0, 0.05) is 49.1 Å². The molecule has 1 fully saturated rings. The molecule has 1 aliphatic rings. The molecule has 1 aliphatic heterocycles. The van der Waals surface area contributed by atoms with Crippen LogP contribution in [0.15, 0.2) is 48.5 Å². The Morgan fingerprint density at radius 3 is 2.36 bits per heavy atom. The van der Waals surface area contributed by atoms with Crippen molar-refractivity contribution >= 4 is 40.5 Å². The molecule has 0 saturated carbocycles. The van der Waals surface area contributed by atoms with Crippen LogP contribution in [0.3, 0.4) is 0 Å². The summed E-state index contributed by atoms with van der Waals surface area (Å²) in [5.74, 6) is -0.551. The number of carbonyl (C=O) groups is 2. The Bertz CT molecular complexity index is 772. The van der Waals surface area contributed by atoms with Gasteiger partial charge in [-0.3, -0.25) is 9.59 Å². The number of hydrogen-bond acceptors (Lipinski definition) is 3. The number of amides is 2. The summed E-state index contributed by atoms with van der Waals surface area (Å²) in [5, 5.41) is 3.51. The number of halogens is 1. The smallest absolute Gasteiger partial charge is 0.229 e. The lowest BCUT2D eigenvalue weighted by atomic mass is 10.1. The predicted molar refractivity (Wildman–Crippen MR) is 101 cm³/mol. The highest BCUT2D eigenvalue weighted by atomic mass is 35.5. The van der Waals surface area contributed by atoms with Crippen molar-refractivity contribution in [2.45, 2.75) is 6.42 Å². The van der Waals surface area contributed by atoms with Gasteiger partial charge in [-0.1, -0.05) is 11.6 Å². The Labute approximate surface area is 152 Å². The number of nitrogens with one attached hydrogen (secondary N) is 1. The van der Waals surface area contributed by atoms with Crippen molar-refractivity contribution in [1.29, 1.82) is 0 Å². The second-order valence-electron chi connectivity index (χ2n) is 6.31. The van der Waals surface area contributed by atoms with Crippen LogP contribution in [0.1, 0.15) is 6.42 Å². The number of rotatable bonds is 4. The minimum absolute atomic E-state index is 0.0505. The molecule has 0 radical (unpaired) electrons. The molecule has 25 heavy (non-hydrogen) atoms. The van der Waals surface area contributed by atoms with Gasteiger partial charge in [0.25, 0.3) is 0 Å². The van der Waals surface area contributed by atoms with Gasteiger partial charge in [-0.05, 0) is 48.5 Å². The highest BCUT2D eigenvalue weighted by Gasteiger charge is 2.35. The van der Waals surface area contributed by atoms with Crippen LogP contribution in [0, 0.1) is 5.92 Å². The third kappa shape index (κ3) is 3.94. The fraction of sp³-hybridized carbons (Fsp3) is 0.263. The minimum atomic E-state index is -0.364. The summed E-state index contributed by atoms with van der Waals surface area (Å²) in [7, 11) is 3.92. The molecular weight excluding hydrogens is 338 g/mol. The fourth-order valence-corrected chi connectivity index (χ4v) is 2.97. The van der Waals surface area contributed by atoms with Crippen LogP contribution in [-0.2, 0) is 9.59 Å². The third-order valence-electron chi connectivity index (χ3n) is 4.29. The van der Waals surface area contributed by atoms with Gasteiger partial charge in [-0.2, -0.15) is 0 Å². The number of nitrogens with zero attached hydrogens (tertiary/aromatic N) is 2. The van der Waals surface area contributed by atoms with E-state index in [0.717, 1.165) is 17.1 Å². The molecule has 130 valence electrons. The molecule has 2 aromatic rings. The highest BCUT2D eigenvalue weighted by Crippen LogP contribution is 2.27. The maximum atomic E-state index is 12.5. The quantitative estimate of drug-likeness (QED) is 0.912. The van der Waals surface area contributed by atoms with Gasteiger partial charge in [0.15, 0.2) is 0 Å². The molecule has 5 nitrogen and oxygen atoms in total. The fourth-order valence-electron chi connectivity index (χ4n) is 2.84. The predicted octanol–water partition coefficient (Wildman–Crippen LogP) is 3.40. The Hall–Kier alpha value is -2.53. The minimum Gasteiger partial charge on any atom is -0.378 e. The molecule has 1 atom stereocenters. The topological polar surface area (TPSA) is 52.7 Å². The van der Waals surface area contributed by atoms with Gasteiger partial charge in [0.05, 0.1) is 5.92 Å². The lowest BCUT2D eigenvalue weighted by Crippen LogP contribution is -2.28. The first-order chi connectivity index (χ1) is 11.9. The Balaban J connectivity index is 1.65. The number of benzene rings is 2. The van der Waals surface area contributed by atoms with Crippen LogP contribution in [0.4, 0.5) is 17.1 Å². The highest BCUT2D eigenvalue weighted by molar-refractivity contribution is 6.30. The Morgan fingerprint density at radius 1 is 1.12 bits per heavy atom. The maximum Gasteiger partial charge on any atom is 0.229 e. The van der Waals surface area contributed by atoms with Crippen LogP contribution < -0.4 is 15.1 Å². The standard InChI is InChI=1S/C19H20ClN3O2/c1-22(2)16-9-5-15(6-10-16)21-19(25)13-11-18(24)23(12-13)17-7-3-14(20)4-8-17/h3-10,13H,11-12H2,1-2H3,(H,21,25)/t13-/m1/s1. The van der Waals surface area contributed by atoms with E-state index in [1.54, 1.807) is 29.2 Å². The van der Waals surface area contributed by atoms with Crippen LogP contribution in [0.25, 0.3) is 0 Å². The van der Waals surface area contributed by atoms with Gasteiger partial charge >= 0.3 is 0 Å². The average Bonchev–Trinajstić information content (AvgIpc) is 2.98. The van der Waals surface area contributed by atoms with Gasteiger partial charge in [-0.25, -0.2) is 0 Å². The van der Waals surface area contributed by atoms with Crippen molar-refractivity contribution in [2.75, 3.05) is 35.8 Å². The third-order valence-corrected chi connectivity index (χ3v) is 4.54. The second-order valence-corrected chi connectivity index (χ2v) is 6.75. The lowest BCUT2D eigenvalue weighted by Gasteiger charge is -2.17. The molecule has 3 rings (SSSR count). The maximum absolute atomic E-state index is 12.5. The molecule has 0 aliphatic carbocycles. The van der Waals surface area contributed by atoms with E-state index in [1.807, 2.05) is 43.3 Å². The molecule has 0 bridgehead atoms. The summed E-state index contributed by atoms with van der Waals surface area (Å²) in [4.78, 5) is 28.4. The van der Waals surface area contributed by atoms with Crippen molar-refractivity contribution in [1.82, 2.24) is 0 Å². The summed E-state index contributed by atoms with van der Waals surface area (Å²) >= 11 is 5.88. The zero-order valence-electron chi connectivity index (χ0n) is 14.2. The van der Waals surface area contributed by atoms with Crippen molar-refractivity contribution in [2.24, 2.45) is 5.92 Å². The zero-order chi connectivity index (χ0) is 18.0. The number of anilines is 3. The van der Waals surface area contributed by atoms with E-state index in [2.05, 4.69) is 5.32 Å². The van der Waals surface area contributed by atoms with Crippen LogP contribution in [-0.4, -0.2) is 32.5 Å². The van der Waals surface area contributed by atoms with Gasteiger partial charge in [0.2, 0.25) is 11.8 Å². The molecule has 6 heteroatoms. The van der Waals surface area contributed by atoms with Crippen molar-refractivity contribution < 1.29 is 9.59 Å². The van der Waals surface area contributed by atoms with E-state index in [-0.39, 0.29) is 24.2 Å². The second kappa shape index (κ2) is 7.15. The van der Waals surface area contributed by atoms with E-state index >= 15 is 0 Å². The normalized spacial score (nSPS) is 16.8. The van der Waals surface area contributed by atoms with Crippen LogP contribution in [0.5, 0.6) is 0 Å². The molecule has 1 heterocycles. The number of carbonyl (C=O) groups excluding carboxylic acids is 2. The summed E-state index contributed by atoms with van der Waals surface area (Å²) in [5.41, 5.74) is 2.55. The van der Waals surface area contributed by atoms with E-state index < -0.39 is 0 Å². The van der Waals surface area contributed by atoms with E-state index in [0.29, 0.717) is 11.6 Å². The van der Waals surface area contributed by atoms with Crippen molar-refractivity contribution in [3.05, 3.63) is 53.6 Å². The summed E-state index contributed by atoms with van der Waals surface area (Å²) < 4.78 is 0. The van der Waals surface area contributed by atoms with Gasteiger partial charge < -0.3 is 15.1 Å². The van der Waals surface area contributed by atoms with Crippen LogP contribution >= 0.6 is 11.6 Å². The first-order valence-electron chi connectivity index (χ1n) is 8.08. The molecule has 0 spiro atoms. The molecule has 1 N–H and O–H groups in total. The summed E-state index contributed by atoms with van der Waals surface area (Å²) in [6, 6.07) is 14.7. The average molecular weight is 358 g/mol. The van der Waals surface area contributed by atoms with Gasteiger partial charge in [0.1, 0.15) is 0 Å². The molecule has 2 amide bonds.